The summed E-state index contributed by atoms with van der Waals surface area (Å²) in [5, 5.41) is 0. The fourth-order valence-corrected chi connectivity index (χ4v) is 3.67. The van der Waals surface area contributed by atoms with Crippen LogP contribution in [-0.4, -0.2) is 14.7 Å². The number of rotatable bonds is 3. The Morgan fingerprint density at radius 3 is 1.92 bits per heavy atom. The van der Waals surface area contributed by atoms with Crippen LogP contribution in [-0.2, 0) is 9.84 Å². The lowest BCUT2D eigenvalue weighted by molar-refractivity contribution is 0.520. The van der Waals surface area contributed by atoms with Crippen molar-refractivity contribution in [2.75, 3.05) is 6.26 Å². The highest BCUT2D eigenvalue weighted by molar-refractivity contribution is 7.90. The van der Waals surface area contributed by atoms with Gasteiger partial charge >= 0.3 is 0 Å². The lowest BCUT2D eigenvalue weighted by Crippen LogP contribution is -2.05. The van der Waals surface area contributed by atoms with Crippen LogP contribution in [0.4, 0.5) is 17.6 Å². The van der Waals surface area contributed by atoms with Crippen LogP contribution in [0.3, 0.4) is 0 Å². The molecule has 0 heterocycles. The van der Waals surface area contributed by atoms with Crippen LogP contribution in [0.15, 0.2) is 47.4 Å². The number of hydrogen-bond donors (Lipinski definition) is 0. The van der Waals surface area contributed by atoms with E-state index in [4.69, 9.17) is 0 Å². The van der Waals surface area contributed by atoms with Gasteiger partial charge in [-0.05, 0) is 53.0 Å². The summed E-state index contributed by atoms with van der Waals surface area (Å²) >= 11 is 0. The lowest BCUT2D eigenvalue weighted by Gasteiger charge is -2.11. The van der Waals surface area contributed by atoms with Gasteiger partial charge in [0.25, 0.3) is 0 Å². The highest BCUT2D eigenvalue weighted by atomic mass is 32.2. The quantitative estimate of drug-likeness (QED) is 0.747. The van der Waals surface area contributed by atoms with E-state index in [1.807, 2.05) is 0 Å². The molecule has 0 saturated heterocycles. The van der Waals surface area contributed by atoms with Crippen molar-refractivity contribution < 1.29 is 26.0 Å². The van der Waals surface area contributed by atoms with Crippen molar-refractivity contribution >= 4 is 21.0 Å². The second-order valence-corrected chi connectivity index (χ2v) is 7.65. The van der Waals surface area contributed by atoms with Crippen molar-refractivity contribution in [3.8, 4) is 0 Å². The molecule has 0 bridgehead atoms. The standard InChI is InChI=1S/C18H12F4O2S/c1-25(23,24)18-16(21)7-11(8-17(18)22)15-4-2-3-14(15)10-5-12(19)9-13(20)6-10/h2-3,5-9H,4H2,1H3. The normalized spacial score (nSPS) is 14.4. The molecule has 1 aliphatic rings. The molecular weight excluding hydrogens is 356 g/mol. The minimum Gasteiger partial charge on any atom is -0.224 e. The maximum Gasteiger partial charge on any atom is 0.181 e. The molecule has 7 heteroatoms. The zero-order valence-corrected chi connectivity index (χ0v) is 13.8. The Morgan fingerprint density at radius 2 is 1.40 bits per heavy atom. The van der Waals surface area contributed by atoms with E-state index >= 15 is 0 Å². The van der Waals surface area contributed by atoms with Crippen molar-refractivity contribution in [2.45, 2.75) is 11.3 Å². The SMILES string of the molecule is CS(=O)(=O)c1c(F)cc(C2=C(c3cc(F)cc(F)c3)C=CC2)cc1F. The topological polar surface area (TPSA) is 34.1 Å². The van der Waals surface area contributed by atoms with Crippen LogP contribution in [0.2, 0.25) is 0 Å². The van der Waals surface area contributed by atoms with E-state index < -0.39 is 38.0 Å². The number of hydrogen-bond acceptors (Lipinski definition) is 2. The van der Waals surface area contributed by atoms with Crippen LogP contribution in [0.5, 0.6) is 0 Å². The van der Waals surface area contributed by atoms with Crippen LogP contribution in [0.25, 0.3) is 11.1 Å². The fourth-order valence-electron chi connectivity index (χ4n) is 2.85. The molecule has 2 aromatic rings. The molecule has 0 spiro atoms. The molecule has 0 radical (unpaired) electrons. The Balaban J connectivity index is 2.18. The molecule has 130 valence electrons. The molecule has 0 amide bonds. The third kappa shape index (κ3) is 3.37. The molecule has 0 fully saturated rings. The monoisotopic (exact) mass is 368 g/mol. The highest BCUT2D eigenvalue weighted by Gasteiger charge is 2.23. The first-order valence-electron chi connectivity index (χ1n) is 7.22. The summed E-state index contributed by atoms with van der Waals surface area (Å²) in [6.45, 7) is 0. The Kier molecular flexibility index (Phi) is 4.28. The third-order valence-electron chi connectivity index (χ3n) is 3.82. The third-order valence-corrected chi connectivity index (χ3v) is 4.95. The van der Waals surface area contributed by atoms with E-state index in [-0.39, 0.29) is 11.1 Å². The maximum atomic E-state index is 14.1. The molecular formula is C18H12F4O2S. The first-order chi connectivity index (χ1) is 11.7. The van der Waals surface area contributed by atoms with Gasteiger partial charge in [0.05, 0.1) is 0 Å². The van der Waals surface area contributed by atoms with Gasteiger partial charge in [0.2, 0.25) is 0 Å². The minimum atomic E-state index is -4.06. The Labute approximate surface area is 142 Å². The van der Waals surface area contributed by atoms with Crippen molar-refractivity contribution in [2.24, 2.45) is 0 Å². The van der Waals surface area contributed by atoms with Crippen molar-refractivity contribution in [1.82, 2.24) is 0 Å². The van der Waals surface area contributed by atoms with Gasteiger partial charge in [0, 0.05) is 12.3 Å². The summed E-state index contributed by atoms with van der Waals surface area (Å²) in [6, 6.07) is 4.79. The lowest BCUT2D eigenvalue weighted by atomic mass is 9.96. The number of allylic oxidation sites excluding steroid dienone is 4. The van der Waals surface area contributed by atoms with Gasteiger partial charge in [0.15, 0.2) is 9.84 Å². The van der Waals surface area contributed by atoms with Gasteiger partial charge in [-0.25, -0.2) is 26.0 Å². The molecule has 2 aromatic carbocycles. The van der Waals surface area contributed by atoms with E-state index in [1.165, 1.54) is 0 Å². The molecule has 3 rings (SSSR count). The highest BCUT2D eigenvalue weighted by Crippen LogP contribution is 2.37. The average molecular weight is 368 g/mol. The Bertz CT molecular complexity index is 994. The van der Waals surface area contributed by atoms with E-state index in [9.17, 15) is 26.0 Å². The van der Waals surface area contributed by atoms with Crippen molar-refractivity contribution in [3.63, 3.8) is 0 Å². The number of sulfone groups is 1. The summed E-state index contributed by atoms with van der Waals surface area (Å²) in [4.78, 5) is -0.999. The van der Waals surface area contributed by atoms with E-state index in [2.05, 4.69) is 0 Å². The molecule has 0 saturated carbocycles. The zero-order valence-electron chi connectivity index (χ0n) is 13.0. The van der Waals surface area contributed by atoms with E-state index in [0.29, 0.717) is 23.8 Å². The van der Waals surface area contributed by atoms with Crippen LogP contribution < -0.4 is 0 Å². The first kappa shape index (κ1) is 17.4. The van der Waals surface area contributed by atoms with Crippen LogP contribution >= 0.6 is 0 Å². The molecule has 0 unspecified atom stereocenters. The summed E-state index contributed by atoms with van der Waals surface area (Å²) < 4.78 is 78.1. The molecule has 2 nitrogen and oxygen atoms in total. The molecule has 1 aliphatic carbocycles. The number of benzene rings is 2. The molecule has 0 N–H and O–H groups in total. The van der Waals surface area contributed by atoms with E-state index in [0.717, 1.165) is 30.3 Å². The minimum absolute atomic E-state index is 0.118. The van der Waals surface area contributed by atoms with Crippen LogP contribution in [0.1, 0.15) is 17.5 Å². The summed E-state index contributed by atoms with van der Waals surface area (Å²) in [7, 11) is -4.06. The molecule has 25 heavy (non-hydrogen) atoms. The molecule has 0 atom stereocenters. The maximum absolute atomic E-state index is 14.1. The van der Waals surface area contributed by atoms with Gasteiger partial charge in [-0.2, -0.15) is 0 Å². The van der Waals surface area contributed by atoms with Gasteiger partial charge in [-0.3, -0.25) is 0 Å². The zero-order chi connectivity index (χ0) is 18.4. The smallest absolute Gasteiger partial charge is 0.181 e. The van der Waals surface area contributed by atoms with Gasteiger partial charge in [-0.15, -0.1) is 0 Å². The second-order valence-electron chi connectivity index (χ2n) is 5.70. The van der Waals surface area contributed by atoms with Crippen LogP contribution in [0, 0.1) is 23.3 Å². The van der Waals surface area contributed by atoms with Gasteiger partial charge in [0.1, 0.15) is 28.2 Å². The van der Waals surface area contributed by atoms with Gasteiger partial charge < -0.3 is 0 Å². The van der Waals surface area contributed by atoms with E-state index in [1.54, 1.807) is 12.2 Å². The second kappa shape index (κ2) is 6.15. The van der Waals surface area contributed by atoms with Gasteiger partial charge in [-0.1, -0.05) is 12.2 Å². The summed E-state index contributed by atoms with van der Waals surface area (Å²) in [6.07, 6.45) is 4.30. The average Bonchev–Trinajstić information content (AvgIpc) is 2.93. The predicted molar refractivity (Wildman–Crippen MR) is 86.4 cm³/mol. The Morgan fingerprint density at radius 1 is 0.840 bits per heavy atom. The Hall–Kier alpha value is -2.41. The molecule has 0 aliphatic heterocycles. The first-order valence-corrected chi connectivity index (χ1v) is 9.11. The summed E-state index contributed by atoms with van der Waals surface area (Å²) in [5.41, 5.74) is 1.22. The predicted octanol–water partition coefficient (Wildman–Crippen LogP) is 4.52. The largest absolute Gasteiger partial charge is 0.224 e. The van der Waals surface area contributed by atoms with Crippen molar-refractivity contribution in [1.29, 1.82) is 0 Å². The van der Waals surface area contributed by atoms with Crippen molar-refractivity contribution in [3.05, 3.63) is 76.9 Å². The molecule has 0 aromatic heterocycles. The summed E-state index contributed by atoms with van der Waals surface area (Å²) in [5.74, 6) is -3.96. The number of halogens is 4. The fraction of sp³-hybridized carbons (Fsp3) is 0.111.